The number of rotatable bonds is 6. The number of carbonyl (C=O) groups is 2. The fourth-order valence-electron chi connectivity index (χ4n) is 3.54. The Bertz CT molecular complexity index is 1040. The van der Waals surface area contributed by atoms with Gasteiger partial charge in [0.05, 0.1) is 12.3 Å². The van der Waals surface area contributed by atoms with Gasteiger partial charge in [0.2, 0.25) is 12.7 Å². The zero-order valence-corrected chi connectivity index (χ0v) is 17.1. The van der Waals surface area contributed by atoms with E-state index in [0.29, 0.717) is 35.1 Å². The lowest BCUT2D eigenvalue weighted by molar-refractivity contribution is -0.111. The number of amides is 1. The highest BCUT2D eigenvalue weighted by atomic mass is 16.7. The minimum absolute atomic E-state index is 0.0865. The lowest BCUT2D eigenvalue weighted by Gasteiger charge is -2.11. The zero-order valence-electron chi connectivity index (χ0n) is 17.1. The fourth-order valence-corrected chi connectivity index (χ4v) is 3.54. The van der Waals surface area contributed by atoms with Gasteiger partial charge < -0.3 is 24.3 Å². The van der Waals surface area contributed by atoms with E-state index in [1.807, 2.05) is 26.0 Å². The van der Waals surface area contributed by atoms with Gasteiger partial charge in [0.25, 0.3) is 0 Å². The molecule has 0 aromatic heterocycles. The second-order valence-corrected chi connectivity index (χ2v) is 7.19. The molecule has 0 aliphatic carbocycles. The van der Waals surface area contributed by atoms with Gasteiger partial charge in [-0.1, -0.05) is 0 Å². The summed E-state index contributed by atoms with van der Waals surface area (Å²) in [5.41, 5.74) is 2.57. The van der Waals surface area contributed by atoms with Crippen molar-refractivity contribution in [3.63, 3.8) is 0 Å². The zero-order chi connectivity index (χ0) is 21.3. The minimum atomic E-state index is -0.381. The number of anilines is 1. The van der Waals surface area contributed by atoms with E-state index >= 15 is 0 Å². The Balaban J connectivity index is 1.57. The molecule has 2 aliphatic heterocycles. The number of hydrogen-bond donors (Lipinski definition) is 1. The molecular formula is C23H23NO6. The van der Waals surface area contributed by atoms with Gasteiger partial charge in [-0.05, 0) is 45.0 Å². The van der Waals surface area contributed by atoms with Crippen LogP contribution in [0.4, 0.5) is 5.69 Å². The molecule has 2 heterocycles. The van der Waals surface area contributed by atoms with Crippen LogP contribution in [0.1, 0.15) is 42.3 Å². The summed E-state index contributed by atoms with van der Waals surface area (Å²) in [6.07, 6.45) is 4.02. The van der Waals surface area contributed by atoms with Crippen molar-refractivity contribution in [3.8, 4) is 23.0 Å². The van der Waals surface area contributed by atoms with Crippen LogP contribution < -0.4 is 24.3 Å². The topological polar surface area (TPSA) is 83.1 Å². The van der Waals surface area contributed by atoms with Crippen molar-refractivity contribution in [2.75, 3.05) is 18.7 Å². The van der Waals surface area contributed by atoms with Crippen LogP contribution in [-0.4, -0.2) is 31.2 Å². The maximum Gasteiger partial charge on any atom is 0.248 e. The standard InChI is InChI=1S/C23H23NO6/c1-4-27-19-9-16-7-13(2)30-20(16)8-15(19)5-6-23(26)24-18-11-22-21(28-12-29-22)10-17(18)14(3)25/h5-6,8-11,13H,4,7,12H2,1-3H3,(H,24,26)/b6-5+. The Morgan fingerprint density at radius 1 is 1.17 bits per heavy atom. The molecule has 0 bridgehead atoms. The van der Waals surface area contributed by atoms with Gasteiger partial charge in [-0.2, -0.15) is 0 Å². The van der Waals surface area contributed by atoms with Crippen molar-refractivity contribution in [1.82, 2.24) is 0 Å². The predicted molar refractivity (Wildman–Crippen MR) is 112 cm³/mol. The maximum atomic E-state index is 12.6. The largest absolute Gasteiger partial charge is 0.493 e. The van der Waals surface area contributed by atoms with E-state index in [0.717, 1.165) is 23.3 Å². The molecule has 1 unspecified atom stereocenters. The number of fused-ring (bicyclic) bond motifs is 2. The second-order valence-electron chi connectivity index (χ2n) is 7.19. The highest BCUT2D eigenvalue weighted by molar-refractivity contribution is 6.08. The van der Waals surface area contributed by atoms with Crippen molar-refractivity contribution in [2.24, 2.45) is 0 Å². The quantitative estimate of drug-likeness (QED) is 0.574. The number of benzene rings is 2. The van der Waals surface area contributed by atoms with Gasteiger partial charge in [0.15, 0.2) is 17.3 Å². The molecule has 0 fully saturated rings. The third-order valence-corrected chi connectivity index (χ3v) is 4.89. The molecule has 7 nitrogen and oxygen atoms in total. The van der Waals surface area contributed by atoms with E-state index in [1.165, 1.54) is 13.0 Å². The maximum absolute atomic E-state index is 12.6. The van der Waals surface area contributed by atoms with Crippen LogP contribution >= 0.6 is 0 Å². The molecule has 4 rings (SSSR count). The third-order valence-electron chi connectivity index (χ3n) is 4.89. The van der Waals surface area contributed by atoms with E-state index < -0.39 is 0 Å². The van der Waals surface area contributed by atoms with Gasteiger partial charge in [-0.15, -0.1) is 0 Å². The molecular weight excluding hydrogens is 386 g/mol. The summed E-state index contributed by atoms with van der Waals surface area (Å²) in [5, 5.41) is 2.75. The lowest BCUT2D eigenvalue weighted by Crippen LogP contribution is -2.11. The van der Waals surface area contributed by atoms with Gasteiger partial charge in [-0.25, -0.2) is 0 Å². The smallest absolute Gasteiger partial charge is 0.248 e. The number of carbonyl (C=O) groups excluding carboxylic acids is 2. The summed E-state index contributed by atoms with van der Waals surface area (Å²) in [6.45, 7) is 5.96. The fraction of sp³-hybridized carbons (Fsp3) is 0.304. The van der Waals surface area contributed by atoms with Crippen molar-refractivity contribution >= 4 is 23.5 Å². The van der Waals surface area contributed by atoms with Crippen LogP contribution in [-0.2, 0) is 11.2 Å². The highest BCUT2D eigenvalue weighted by Crippen LogP contribution is 2.38. The molecule has 1 N–H and O–H groups in total. The van der Waals surface area contributed by atoms with Crippen molar-refractivity contribution in [2.45, 2.75) is 33.3 Å². The van der Waals surface area contributed by atoms with E-state index in [-0.39, 0.29) is 24.6 Å². The first-order valence-corrected chi connectivity index (χ1v) is 9.84. The number of Topliss-reactive ketones (excluding diaryl/α,β-unsaturated/α-hetero) is 1. The Labute approximate surface area is 174 Å². The lowest BCUT2D eigenvalue weighted by atomic mass is 10.1. The molecule has 1 amide bonds. The van der Waals surface area contributed by atoms with Crippen molar-refractivity contribution in [1.29, 1.82) is 0 Å². The summed E-state index contributed by atoms with van der Waals surface area (Å²) in [5.74, 6) is 1.92. The molecule has 156 valence electrons. The SMILES string of the molecule is CCOc1cc2c(cc1/C=C/C(=O)Nc1cc3c(cc1C(C)=O)OCO3)OC(C)C2. The van der Waals surface area contributed by atoms with E-state index in [1.54, 1.807) is 18.2 Å². The van der Waals surface area contributed by atoms with Crippen molar-refractivity contribution < 1.29 is 28.5 Å². The summed E-state index contributed by atoms with van der Waals surface area (Å²) < 4.78 is 22.2. The first-order valence-electron chi connectivity index (χ1n) is 9.84. The van der Waals surface area contributed by atoms with E-state index in [2.05, 4.69) is 5.32 Å². The molecule has 0 radical (unpaired) electrons. The van der Waals surface area contributed by atoms with Gasteiger partial charge in [0.1, 0.15) is 17.6 Å². The Morgan fingerprint density at radius 2 is 1.93 bits per heavy atom. The monoisotopic (exact) mass is 409 g/mol. The van der Waals surface area contributed by atoms with Crippen LogP contribution in [0, 0.1) is 0 Å². The average molecular weight is 409 g/mol. The third kappa shape index (κ3) is 3.96. The van der Waals surface area contributed by atoms with Crippen LogP contribution in [0.3, 0.4) is 0 Å². The molecule has 2 aromatic carbocycles. The van der Waals surface area contributed by atoms with E-state index in [9.17, 15) is 9.59 Å². The van der Waals surface area contributed by atoms with Crippen LogP contribution in [0.5, 0.6) is 23.0 Å². The van der Waals surface area contributed by atoms with Crippen LogP contribution in [0.2, 0.25) is 0 Å². The van der Waals surface area contributed by atoms with Gasteiger partial charge in [0, 0.05) is 35.3 Å². The number of hydrogen-bond acceptors (Lipinski definition) is 6. The second kappa shape index (κ2) is 8.10. The normalized spacial score (nSPS) is 16.3. The Kier molecular flexibility index (Phi) is 5.35. The van der Waals surface area contributed by atoms with Crippen LogP contribution in [0.25, 0.3) is 6.08 Å². The average Bonchev–Trinajstić information content (AvgIpc) is 3.30. The Hall–Kier alpha value is -3.48. The summed E-state index contributed by atoms with van der Waals surface area (Å²) in [6, 6.07) is 7.03. The minimum Gasteiger partial charge on any atom is -0.493 e. The van der Waals surface area contributed by atoms with Gasteiger partial charge in [-0.3, -0.25) is 9.59 Å². The predicted octanol–water partition coefficient (Wildman–Crippen LogP) is 3.99. The summed E-state index contributed by atoms with van der Waals surface area (Å²) in [4.78, 5) is 24.5. The molecule has 0 spiro atoms. The first-order chi connectivity index (χ1) is 14.4. The van der Waals surface area contributed by atoms with E-state index in [4.69, 9.17) is 18.9 Å². The number of nitrogens with one attached hydrogen (secondary N) is 1. The highest BCUT2D eigenvalue weighted by Gasteiger charge is 2.22. The van der Waals surface area contributed by atoms with Gasteiger partial charge >= 0.3 is 0 Å². The summed E-state index contributed by atoms with van der Waals surface area (Å²) >= 11 is 0. The first kappa shape index (κ1) is 19.8. The number of ether oxygens (including phenoxy) is 4. The molecule has 1 atom stereocenters. The molecule has 2 aliphatic rings. The number of ketones is 1. The van der Waals surface area contributed by atoms with Crippen LogP contribution in [0.15, 0.2) is 30.3 Å². The molecule has 30 heavy (non-hydrogen) atoms. The molecule has 7 heteroatoms. The van der Waals surface area contributed by atoms with Crippen molar-refractivity contribution in [3.05, 3.63) is 47.0 Å². The summed E-state index contributed by atoms with van der Waals surface area (Å²) in [7, 11) is 0. The molecule has 0 saturated heterocycles. The molecule has 0 saturated carbocycles. The Morgan fingerprint density at radius 3 is 2.67 bits per heavy atom. The molecule has 2 aromatic rings.